The number of hydrogen-bond acceptors (Lipinski definition) is 2. The van der Waals surface area contributed by atoms with E-state index in [0.717, 1.165) is 0 Å². The molecular weight excluding hydrogens is 52.8 g/mol. The van der Waals surface area contributed by atoms with Crippen LogP contribution >= 0.6 is 0 Å². The van der Waals surface area contributed by atoms with Gasteiger partial charge in [0.05, 0.1) is 0 Å². The van der Waals surface area contributed by atoms with Gasteiger partial charge in [-0.1, -0.05) is 0 Å². The molecule has 0 N–H and O–H groups in total. The van der Waals surface area contributed by atoms with Crippen molar-refractivity contribution in [1.82, 2.24) is 0 Å². The molecule has 0 aliphatic carbocycles. The first-order valence-corrected chi connectivity index (χ1v) is 0.836. The van der Waals surface area contributed by atoms with Gasteiger partial charge in [-0.15, -0.1) is 0 Å². The SMILES string of the molecule is BOC#N. The fourth-order valence-corrected chi connectivity index (χ4v) is 0. The molecule has 0 heterocycles. The Morgan fingerprint density at radius 2 is 2.25 bits per heavy atom. The molecule has 3 heteroatoms. The Hall–Kier alpha value is -0.645. The Labute approximate surface area is 25.4 Å². The normalized spacial score (nSPS) is 3.75. The summed E-state index contributed by atoms with van der Waals surface area (Å²) in [5, 5.41) is 7.40. The van der Waals surface area contributed by atoms with Gasteiger partial charge in [0.2, 0.25) is 0 Å². The van der Waals surface area contributed by atoms with Gasteiger partial charge in [-0.05, 0) is 0 Å². The van der Waals surface area contributed by atoms with E-state index in [0.29, 0.717) is 0 Å². The van der Waals surface area contributed by atoms with Crippen LogP contribution in [0.4, 0.5) is 0 Å². The molecule has 0 amide bonds. The predicted octanol–water partition coefficient (Wildman–Crippen LogP) is -0.968. The molecule has 0 spiro atoms. The molecule has 20 valence electrons. The van der Waals surface area contributed by atoms with Crippen molar-refractivity contribution in [2.45, 2.75) is 0 Å². The fourth-order valence-electron chi connectivity index (χ4n) is 0. The zero-order valence-electron chi connectivity index (χ0n) is 2.36. The molecule has 0 aromatic rings. The number of hydrogen-bond donors (Lipinski definition) is 0. The monoisotopic (exact) mass is 55.0 g/mol. The largest absolute Gasteiger partial charge is 0.507 e. The lowest BCUT2D eigenvalue weighted by Crippen LogP contribution is -1.60. The Morgan fingerprint density at radius 3 is 2.25 bits per heavy atom. The molecule has 0 fully saturated rings. The predicted molar refractivity (Wildman–Crippen MR) is 15.2 cm³/mol. The van der Waals surface area contributed by atoms with E-state index in [4.69, 9.17) is 5.26 Å². The highest BCUT2D eigenvalue weighted by Crippen LogP contribution is 1.38. The lowest BCUT2D eigenvalue weighted by molar-refractivity contribution is 0.564. The Kier molecular flexibility index (Phi) is 1.98. The molecule has 2 nitrogen and oxygen atoms in total. The molecule has 4 heavy (non-hydrogen) atoms. The minimum atomic E-state index is 1.32. The molecule has 0 bridgehead atoms. The van der Waals surface area contributed by atoms with E-state index in [2.05, 4.69) is 4.65 Å². The van der Waals surface area contributed by atoms with Gasteiger partial charge in [0.1, 0.15) is 0 Å². The average molecular weight is 54.8 g/mol. The van der Waals surface area contributed by atoms with E-state index in [1.54, 1.807) is 0 Å². The topological polar surface area (TPSA) is 33.0 Å². The van der Waals surface area contributed by atoms with Crippen LogP contribution in [0, 0.1) is 11.5 Å². The number of rotatable bonds is 0. The highest BCUT2D eigenvalue weighted by molar-refractivity contribution is 5.98. The van der Waals surface area contributed by atoms with Crippen molar-refractivity contribution in [3.8, 4) is 6.26 Å². The lowest BCUT2D eigenvalue weighted by Gasteiger charge is -1.62. The molecule has 0 aromatic carbocycles. The smallest absolute Gasteiger partial charge is 0.339 e. The van der Waals surface area contributed by atoms with Gasteiger partial charge in [0.15, 0.2) is 0 Å². The second kappa shape index (κ2) is 2.35. The Bertz CT molecular complexity index is 37.8. The zero-order valence-corrected chi connectivity index (χ0v) is 2.36. The van der Waals surface area contributed by atoms with Gasteiger partial charge in [0.25, 0.3) is 6.26 Å². The van der Waals surface area contributed by atoms with E-state index in [-0.39, 0.29) is 0 Å². The molecule has 0 saturated heterocycles. The van der Waals surface area contributed by atoms with Gasteiger partial charge in [-0.2, -0.15) is 5.26 Å². The van der Waals surface area contributed by atoms with Crippen molar-refractivity contribution in [3.63, 3.8) is 0 Å². The van der Waals surface area contributed by atoms with Crippen LogP contribution in [-0.4, -0.2) is 8.05 Å². The van der Waals surface area contributed by atoms with Crippen molar-refractivity contribution in [2.24, 2.45) is 0 Å². The van der Waals surface area contributed by atoms with Gasteiger partial charge in [-0.3, -0.25) is 0 Å². The summed E-state index contributed by atoms with van der Waals surface area (Å²) in [6.07, 6.45) is 1.43. The summed E-state index contributed by atoms with van der Waals surface area (Å²) < 4.78 is 3.85. The third kappa shape index (κ3) is 1.35. The molecule has 0 aliphatic heterocycles. The maximum atomic E-state index is 7.40. The van der Waals surface area contributed by atoms with E-state index in [1.165, 1.54) is 14.3 Å². The first-order valence-electron chi connectivity index (χ1n) is 0.836. The van der Waals surface area contributed by atoms with Crippen LogP contribution in [0.1, 0.15) is 0 Å². The van der Waals surface area contributed by atoms with Crippen molar-refractivity contribution < 1.29 is 4.65 Å². The minimum absolute atomic E-state index is 1.32. The van der Waals surface area contributed by atoms with E-state index in [1.807, 2.05) is 0 Å². The summed E-state index contributed by atoms with van der Waals surface area (Å²) in [5.74, 6) is 0. The standard InChI is InChI=1S/CH2BNO/c2-4-1-3/h2H2. The number of nitrogens with zero attached hydrogens (tertiary/aromatic N) is 1. The van der Waals surface area contributed by atoms with Gasteiger partial charge in [0, 0.05) is 0 Å². The van der Waals surface area contributed by atoms with Crippen molar-refractivity contribution in [1.29, 1.82) is 5.26 Å². The van der Waals surface area contributed by atoms with Gasteiger partial charge >= 0.3 is 8.05 Å². The first-order chi connectivity index (χ1) is 1.91. The van der Waals surface area contributed by atoms with Crippen LogP contribution in [-0.2, 0) is 4.65 Å². The van der Waals surface area contributed by atoms with Crippen LogP contribution in [0.3, 0.4) is 0 Å². The molecule has 0 unspecified atom stereocenters. The first kappa shape index (κ1) is 3.35. The highest BCUT2D eigenvalue weighted by atomic mass is 16.4. The lowest BCUT2D eigenvalue weighted by atomic mass is 10.6. The summed E-state index contributed by atoms with van der Waals surface area (Å²) in [4.78, 5) is 0. The van der Waals surface area contributed by atoms with Crippen LogP contribution in [0.2, 0.25) is 0 Å². The quantitative estimate of drug-likeness (QED) is 0.264. The van der Waals surface area contributed by atoms with E-state index in [9.17, 15) is 0 Å². The molecule has 0 aliphatic rings. The molecular formula is CH2BNO. The van der Waals surface area contributed by atoms with Crippen molar-refractivity contribution in [2.75, 3.05) is 0 Å². The van der Waals surface area contributed by atoms with Crippen LogP contribution in [0.15, 0.2) is 0 Å². The third-order valence-electron chi connectivity index (χ3n) is 0.0913. The van der Waals surface area contributed by atoms with E-state index >= 15 is 0 Å². The maximum absolute atomic E-state index is 7.40. The van der Waals surface area contributed by atoms with E-state index < -0.39 is 0 Å². The summed E-state index contributed by atoms with van der Waals surface area (Å²) >= 11 is 0. The minimum Gasteiger partial charge on any atom is -0.507 e. The summed E-state index contributed by atoms with van der Waals surface area (Å²) in [5.41, 5.74) is 0. The van der Waals surface area contributed by atoms with Crippen LogP contribution in [0.5, 0.6) is 0 Å². The molecule has 0 saturated carbocycles. The molecule has 0 aromatic heterocycles. The number of nitriles is 1. The van der Waals surface area contributed by atoms with Crippen LogP contribution in [0.25, 0.3) is 0 Å². The Morgan fingerprint density at radius 1 is 2.00 bits per heavy atom. The molecule has 0 atom stereocenters. The third-order valence-corrected chi connectivity index (χ3v) is 0.0913. The molecule has 0 rings (SSSR count). The van der Waals surface area contributed by atoms with Crippen molar-refractivity contribution in [3.05, 3.63) is 0 Å². The summed E-state index contributed by atoms with van der Waals surface area (Å²) in [6, 6.07) is 0. The summed E-state index contributed by atoms with van der Waals surface area (Å²) in [7, 11) is 1.32. The maximum Gasteiger partial charge on any atom is 0.339 e. The Balaban J connectivity index is 2.43. The second-order valence-corrected chi connectivity index (χ2v) is 0.295. The van der Waals surface area contributed by atoms with Gasteiger partial charge in [-0.25, -0.2) is 0 Å². The van der Waals surface area contributed by atoms with Gasteiger partial charge < -0.3 is 4.65 Å². The summed E-state index contributed by atoms with van der Waals surface area (Å²) in [6.45, 7) is 0. The highest BCUT2D eigenvalue weighted by Gasteiger charge is 1.44. The van der Waals surface area contributed by atoms with Crippen LogP contribution < -0.4 is 0 Å². The molecule has 0 radical (unpaired) electrons. The second-order valence-electron chi connectivity index (χ2n) is 0.295. The fraction of sp³-hybridized carbons (Fsp3) is 0. The average Bonchev–Trinajstić information content (AvgIpc) is 1.37. The zero-order chi connectivity index (χ0) is 3.41. The van der Waals surface area contributed by atoms with Crippen molar-refractivity contribution >= 4 is 8.05 Å².